The predicted molar refractivity (Wildman–Crippen MR) is 275 cm³/mol. The van der Waals surface area contributed by atoms with Crippen LogP contribution in [0.2, 0.25) is 0 Å². The third-order valence-electron chi connectivity index (χ3n) is 18.8. The van der Waals surface area contributed by atoms with Gasteiger partial charge in [0.05, 0.1) is 42.1 Å². The van der Waals surface area contributed by atoms with Crippen molar-refractivity contribution in [1.29, 1.82) is 0 Å². The monoisotopic (exact) mass is 992 g/mol. The minimum absolute atomic E-state index is 0.0769. The van der Waals surface area contributed by atoms with Gasteiger partial charge in [0.2, 0.25) is 29.5 Å². The molecule has 17 nitrogen and oxygen atoms in total. The van der Waals surface area contributed by atoms with E-state index in [1.807, 2.05) is 28.3 Å². The second kappa shape index (κ2) is 17.9. The van der Waals surface area contributed by atoms with Crippen LogP contribution < -0.4 is 20.4 Å². The van der Waals surface area contributed by atoms with E-state index < -0.39 is 10.8 Å². The summed E-state index contributed by atoms with van der Waals surface area (Å²) in [6, 6.07) is 14.7. The third kappa shape index (κ3) is 8.00. The summed E-state index contributed by atoms with van der Waals surface area (Å²) in [6.45, 7) is 11.6. The summed E-state index contributed by atoms with van der Waals surface area (Å²) in [5.74, 6) is 1.24. The quantitative estimate of drug-likeness (QED) is 0.180. The van der Waals surface area contributed by atoms with Crippen molar-refractivity contribution in [3.63, 3.8) is 0 Å². The molecule has 3 atom stereocenters. The topological polar surface area (TPSA) is 178 Å². The SMILES string of the molecule is CC(C)n1cnc2cc(-c3ccc4c(c3)N(C3CC(N5C6COCC5C6)C3)C(=O)C43CCN(C(=O)C4(C)CCN(C(=O)C5CCN(c6ccc(C7CCC(=O)NC7=O)cn6)CC5)CC4)CC3)nc(NC3CC3)c21. The Bertz CT molecular complexity index is 2850. The third-order valence-corrected chi connectivity index (χ3v) is 18.8. The molecule has 4 aromatic rings. The summed E-state index contributed by atoms with van der Waals surface area (Å²) in [5, 5.41) is 6.13. The Morgan fingerprint density at radius 1 is 0.808 bits per heavy atom. The lowest BCUT2D eigenvalue weighted by Crippen LogP contribution is -2.70. The van der Waals surface area contributed by atoms with Crippen molar-refractivity contribution in [2.45, 2.75) is 152 Å². The Kier molecular flexibility index (Phi) is 11.5. The number of imidazole rings is 1. The number of nitrogens with zero attached hydrogens (tertiary/aromatic N) is 9. The van der Waals surface area contributed by atoms with Gasteiger partial charge in [-0.25, -0.2) is 15.0 Å². The van der Waals surface area contributed by atoms with Crippen molar-refractivity contribution >= 4 is 57.9 Å². The number of nitrogens with one attached hydrogen (secondary N) is 2. The highest BCUT2D eigenvalue weighted by Gasteiger charge is 2.58. The molecule has 73 heavy (non-hydrogen) atoms. The number of anilines is 3. The van der Waals surface area contributed by atoms with E-state index >= 15 is 4.79 Å². The van der Waals surface area contributed by atoms with Gasteiger partial charge in [-0.15, -0.1) is 0 Å². The number of carbonyl (C=O) groups excluding carboxylic acids is 5. The van der Waals surface area contributed by atoms with Crippen LogP contribution in [0.1, 0.15) is 127 Å². The zero-order valence-corrected chi connectivity index (χ0v) is 42.6. The fraction of sp³-hybridized carbons (Fsp3) is 0.607. The lowest BCUT2D eigenvalue weighted by molar-refractivity contribution is -0.161. The predicted octanol–water partition coefficient (Wildman–Crippen LogP) is 5.92. The maximum absolute atomic E-state index is 15.3. The van der Waals surface area contributed by atoms with E-state index in [0.29, 0.717) is 102 Å². The molecule has 17 heteroatoms. The maximum Gasteiger partial charge on any atom is 0.238 e. The Balaban J connectivity index is 0.673. The second-order valence-electron chi connectivity index (χ2n) is 23.6. The van der Waals surface area contributed by atoms with Gasteiger partial charge in [0.15, 0.2) is 5.82 Å². The zero-order chi connectivity index (χ0) is 49.9. The number of benzene rings is 1. The van der Waals surface area contributed by atoms with Gasteiger partial charge >= 0.3 is 0 Å². The lowest BCUT2D eigenvalue weighted by Gasteiger charge is -2.60. The summed E-state index contributed by atoms with van der Waals surface area (Å²) in [6.07, 6.45) is 13.7. The molecule has 8 fully saturated rings. The number of hydrogen-bond donors (Lipinski definition) is 2. The number of pyridine rings is 2. The van der Waals surface area contributed by atoms with Crippen LogP contribution in [0.4, 0.5) is 17.3 Å². The summed E-state index contributed by atoms with van der Waals surface area (Å²) in [5.41, 5.74) is 5.35. The second-order valence-corrected chi connectivity index (χ2v) is 23.6. The number of piperidine rings is 4. The number of fused-ring (bicyclic) bond motifs is 5. The molecule has 2 saturated carbocycles. The molecule has 2 N–H and O–H groups in total. The number of ether oxygens (including phenoxy) is 1. The molecule has 0 radical (unpaired) electrons. The molecule has 7 aliphatic heterocycles. The number of likely N-dealkylation sites (tertiary alicyclic amines) is 2. The highest BCUT2D eigenvalue weighted by atomic mass is 16.5. The number of rotatable bonds is 10. The van der Waals surface area contributed by atoms with Crippen molar-refractivity contribution in [2.24, 2.45) is 11.3 Å². The maximum atomic E-state index is 15.3. The molecule has 3 unspecified atom stereocenters. The van der Waals surface area contributed by atoms with Crippen molar-refractivity contribution in [1.82, 2.24) is 39.5 Å². The molecule has 9 aliphatic rings. The first-order chi connectivity index (χ1) is 35.3. The Hall–Kier alpha value is -5.94. The number of carbonyl (C=O) groups is 5. The molecule has 6 saturated heterocycles. The van der Waals surface area contributed by atoms with E-state index in [-0.39, 0.29) is 53.5 Å². The highest BCUT2D eigenvalue weighted by molar-refractivity contribution is 6.09. The van der Waals surface area contributed by atoms with Crippen LogP contribution in [0.25, 0.3) is 22.3 Å². The van der Waals surface area contributed by atoms with Crippen LogP contribution in [0.3, 0.4) is 0 Å². The summed E-state index contributed by atoms with van der Waals surface area (Å²) >= 11 is 0. The number of morpholine rings is 1. The first kappa shape index (κ1) is 46.8. The molecule has 5 amide bonds. The number of imide groups is 1. The van der Waals surface area contributed by atoms with Crippen LogP contribution in [0.15, 0.2) is 48.9 Å². The fourth-order valence-electron chi connectivity index (χ4n) is 14.0. The smallest absolute Gasteiger partial charge is 0.238 e. The summed E-state index contributed by atoms with van der Waals surface area (Å²) < 4.78 is 8.03. The van der Waals surface area contributed by atoms with Gasteiger partial charge in [0.1, 0.15) is 11.3 Å². The minimum Gasteiger partial charge on any atom is -0.378 e. The number of amides is 5. The van der Waals surface area contributed by atoms with Crippen LogP contribution in [0, 0.1) is 11.3 Å². The summed E-state index contributed by atoms with van der Waals surface area (Å²) in [4.78, 5) is 93.7. The standard InChI is InChI=1S/C56H69N11O6/c1-33(2)65-32-58-45-28-44(60-50(49(45)65)59-37-6-7-37)35-4-9-43-46(24-35)67(39-25-38(26-39)66-40-27-41(66)31-73-30-40)54(72)56(43)16-22-64(23-17-56)53(71)55(3)14-20-63(21-15-55)52(70)34-12-18-62(19-13-34)47-10-5-36(29-57-47)42-8-11-48(68)61-51(42)69/h4-5,9-10,24,28-29,32-34,37-42H,6-8,11-23,25-27,30-31H2,1-3H3,(H,59,60)(H,61,68,69). The van der Waals surface area contributed by atoms with Gasteiger partial charge in [-0.2, -0.15) is 0 Å². The van der Waals surface area contributed by atoms with Crippen LogP contribution in [-0.2, 0) is 34.1 Å². The lowest BCUT2D eigenvalue weighted by atomic mass is 9.72. The number of hydrogen-bond acceptors (Lipinski definition) is 12. The fourth-order valence-corrected chi connectivity index (χ4v) is 14.0. The average Bonchev–Trinajstić information content (AvgIpc) is 4.06. The normalized spacial score (nSPS) is 28.1. The van der Waals surface area contributed by atoms with Crippen molar-refractivity contribution in [3.8, 4) is 11.3 Å². The number of aromatic nitrogens is 4. The Morgan fingerprint density at radius 2 is 1.53 bits per heavy atom. The first-order valence-electron chi connectivity index (χ1n) is 27.4. The Morgan fingerprint density at radius 3 is 2.21 bits per heavy atom. The molecular weight excluding hydrogens is 923 g/mol. The largest absolute Gasteiger partial charge is 0.378 e. The van der Waals surface area contributed by atoms with E-state index in [0.717, 1.165) is 102 Å². The van der Waals surface area contributed by atoms with Crippen LogP contribution in [0.5, 0.6) is 0 Å². The van der Waals surface area contributed by atoms with E-state index in [1.54, 1.807) is 6.20 Å². The van der Waals surface area contributed by atoms with Crippen molar-refractivity contribution in [2.75, 3.05) is 67.6 Å². The molecule has 2 bridgehead atoms. The Labute approximate surface area is 426 Å². The molecule has 10 heterocycles. The molecular formula is C56H69N11O6. The summed E-state index contributed by atoms with van der Waals surface area (Å²) in [7, 11) is 0. The van der Waals surface area contributed by atoms with Gasteiger partial charge < -0.3 is 34.2 Å². The van der Waals surface area contributed by atoms with E-state index in [1.165, 1.54) is 6.42 Å². The molecule has 2 aliphatic carbocycles. The van der Waals surface area contributed by atoms with Crippen LogP contribution in [-0.4, -0.2) is 146 Å². The van der Waals surface area contributed by atoms with Gasteiger partial charge in [-0.3, -0.25) is 34.2 Å². The van der Waals surface area contributed by atoms with E-state index in [2.05, 4.69) is 79.9 Å². The molecule has 384 valence electrons. The molecule has 1 spiro atoms. The molecule has 3 aromatic heterocycles. The van der Waals surface area contributed by atoms with Crippen molar-refractivity contribution < 1.29 is 28.7 Å². The minimum atomic E-state index is -0.704. The molecule has 1 aromatic carbocycles. The van der Waals surface area contributed by atoms with E-state index in [9.17, 15) is 19.2 Å². The average molecular weight is 992 g/mol. The van der Waals surface area contributed by atoms with Crippen LogP contribution >= 0.6 is 0 Å². The van der Waals surface area contributed by atoms with Crippen molar-refractivity contribution in [3.05, 3.63) is 60.0 Å². The van der Waals surface area contributed by atoms with Gasteiger partial charge in [0, 0.05) is 111 Å². The van der Waals surface area contributed by atoms with Gasteiger partial charge in [-0.1, -0.05) is 25.1 Å². The zero-order valence-electron chi connectivity index (χ0n) is 42.6. The first-order valence-corrected chi connectivity index (χ1v) is 27.4. The van der Waals surface area contributed by atoms with E-state index in [4.69, 9.17) is 14.7 Å². The van der Waals surface area contributed by atoms with Gasteiger partial charge in [0.25, 0.3) is 0 Å². The van der Waals surface area contributed by atoms with Gasteiger partial charge in [-0.05, 0) is 120 Å². The highest BCUT2D eigenvalue weighted by Crippen LogP contribution is 2.53. The molecule has 13 rings (SSSR count).